The summed E-state index contributed by atoms with van der Waals surface area (Å²) < 4.78 is 21.1. The topological polar surface area (TPSA) is 229 Å². The summed E-state index contributed by atoms with van der Waals surface area (Å²) in [7, 11) is 0. The Morgan fingerprint density at radius 3 is 1.65 bits per heavy atom. The smallest absolute Gasteiger partial charge is 0.213 e. The Morgan fingerprint density at radius 2 is 1.48 bits per heavy atom. The van der Waals surface area contributed by atoms with Gasteiger partial charge in [0.1, 0.15) is 23.9 Å². The van der Waals surface area contributed by atoms with Crippen LogP contribution in [0.15, 0.2) is 110 Å². The molecular weight excluding hydrogens is 749 g/mol. The zero-order chi connectivity index (χ0) is 39.7. The second-order valence-corrected chi connectivity index (χ2v) is 12.4. The van der Waals surface area contributed by atoms with Crippen molar-refractivity contribution in [3.8, 4) is 0 Å². The molecule has 288 valence electrons. The number of rotatable bonds is 0. The van der Waals surface area contributed by atoms with Crippen molar-refractivity contribution < 1.29 is 13.5 Å². The lowest BCUT2D eigenvalue weighted by molar-refractivity contribution is 0.412. The molecule has 0 aliphatic rings. The SMILES string of the molecule is Cc1ccn[nH]1.Cc1cn[nH]c1.Cc1cnc[nH]1.Cc1cnoc1.Cc1cnsc1.Cc1cocn1.Cc1cscn1.Cc1ncon1.Cc1ncsn1. The number of imidazole rings is 1. The van der Waals surface area contributed by atoms with E-state index in [0.29, 0.717) is 5.82 Å². The van der Waals surface area contributed by atoms with Crippen LogP contribution in [0.25, 0.3) is 0 Å². The van der Waals surface area contributed by atoms with Crippen LogP contribution in [-0.4, -0.2) is 69.4 Å². The Hall–Kier alpha value is -5.99. The highest BCUT2D eigenvalue weighted by Crippen LogP contribution is 1.96. The highest BCUT2D eigenvalue weighted by atomic mass is 32.1. The Morgan fingerprint density at radius 1 is 0.648 bits per heavy atom. The lowest BCUT2D eigenvalue weighted by atomic mass is 10.4. The first-order valence-electron chi connectivity index (χ1n) is 15.8. The maximum Gasteiger partial charge on any atom is 0.213 e. The van der Waals surface area contributed by atoms with Crippen LogP contribution in [0.4, 0.5) is 0 Å². The van der Waals surface area contributed by atoms with E-state index >= 15 is 0 Å². The third kappa shape index (κ3) is 28.7. The van der Waals surface area contributed by atoms with Crippen molar-refractivity contribution in [1.82, 2.24) is 69.4 Å². The molecule has 0 aliphatic heterocycles. The number of H-pyrrole nitrogens is 3. The molecule has 9 heterocycles. The maximum absolute atomic E-state index is 4.60. The van der Waals surface area contributed by atoms with Gasteiger partial charge >= 0.3 is 0 Å². The molecule has 9 aromatic heterocycles. The van der Waals surface area contributed by atoms with Crippen LogP contribution in [0.1, 0.15) is 51.1 Å². The molecular formula is C34H46N14O3S3. The predicted octanol–water partition coefficient (Wildman–Crippen LogP) is 8.25. The zero-order valence-corrected chi connectivity index (χ0v) is 34.1. The monoisotopic (exact) mass is 794 g/mol. The van der Waals surface area contributed by atoms with Gasteiger partial charge in [0.2, 0.25) is 6.39 Å². The van der Waals surface area contributed by atoms with Crippen molar-refractivity contribution in [3.05, 3.63) is 148 Å². The number of aryl methyl sites for hydroxylation is 9. The largest absolute Gasteiger partial charge is 0.452 e. The number of thiazole rings is 1. The molecule has 0 spiro atoms. The molecule has 0 saturated heterocycles. The Balaban J connectivity index is 0.000000304. The molecule has 0 saturated carbocycles. The van der Waals surface area contributed by atoms with Crippen molar-refractivity contribution >= 4 is 34.4 Å². The molecule has 17 nitrogen and oxygen atoms in total. The molecule has 3 N–H and O–H groups in total. The highest BCUT2D eigenvalue weighted by molar-refractivity contribution is 7.07. The fourth-order valence-corrected chi connectivity index (χ4v) is 3.98. The molecule has 0 atom stereocenters. The molecule has 20 heteroatoms. The van der Waals surface area contributed by atoms with E-state index in [0.717, 1.165) is 34.2 Å². The molecule has 54 heavy (non-hydrogen) atoms. The van der Waals surface area contributed by atoms with Gasteiger partial charge in [-0.25, -0.2) is 19.3 Å². The summed E-state index contributed by atoms with van der Waals surface area (Å²) in [5.74, 6) is 1.54. The van der Waals surface area contributed by atoms with Gasteiger partial charge in [0.05, 0.1) is 29.9 Å². The van der Waals surface area contributed by atoms with Crippen LogP contribution in [0.5, 0.6) is 0 Å². The number of nitrogens with zero attached hydrogens (tertiary/aromatic N) is 11. The van der Waals surface area contributed by atoms with Crippen LogP contribution in [-0.2, 0) is 0 Å². The summed E-state index contributed by atoms with van der Waals surface area (Å²) in [6.45, 7) is 17.4. The summed E-state index contributed by atoms with van der Waals surface area (Å²) in [4.78, 5) is 21.8. The van der Waals surface area contributed by atoms with Gasteiger partial charge in [-0.15, -0.1) is 11.3 Å². The molecule has 0 radical (unpaired) electrons. The zero-order valence-electron chi connectivity index (χ0n) is 31.6. The number of aromatic amines is 3. The van der Waals surface area contributed by atoms with E-state index in [1.807, 2.05) is 90.1 Å². The van der Waals surface area contributed by atoms with Crippen molar-refractivity contribution in [3.63, 3.8) is 0 Å². The molecule has 9 aromatic rings. The molecule has 0 amide bonds. The Bertz CT molecular complexity index is 1470. The normalized spacial score (nSPS) is 8.83. The van der Waals surface area contributed by atoms with E-state index in [-0.39, 0.29) is 0 Å². The van der Waals surface area contributed by atoms with Crippen LogP contribution in [0, 0.1) is 62.3 Å². The summed E-state index contributed by atoms with van der Waals surface area (Å²) in [6, 6.07) is 1.92. The van der Waals surface area contributed by atoms with Gasteiger partial charge in [0.15, 0.2) is 12.2 Å². The molecule has 9 rings (SSSR count). The van der Waals surface area contributed by atoms with Gasteiger partial charge in [0, 0.05) is 58.2 Å². The standard InChI is InChI=1S/3C4H6N2.2C4H5NO.2C4H5NS.C3H4N2O.C3H4N2S/c1-4-2-5-3-6-4;1-4-2-5-6-3-4;1-4-2-3-5-6-4;1-4-2-6-3-5-4;1-4-2-5-6-3-4;1-4-2-6-3-5-4;1-4-2-5-6-3-4;2*1-3-4-2-6-5-3/h3*2-3H,1H3,(H,5,6);4*2-3H,1H3;2*2H,1H3. The third-order valence-electron chi connectivity index (χ3n) is 5.08. The second-order valence-electron chi connectivity index (χ2n) is 10.4. The van der Waals surface area contributed by atoms with Crippen LogP contribution >= 0.6 is 34.4 Å². The van der Waals surface area contributed by atoms with Crippen molar-refractivity contribution in [2.75, 3.05) is 0 Å². The van der Waals surface area contributed by atoms with Crippen molar-refractivity contribution in [2.45, 2.75) is 62.3 Å². The van der Waals surface area contributed by atoms with E-state index in [2.05, 4.69) is 82.8 Å². The van der Waals surface area contributed by atoms with Crippen molar-refractivity contribution in [2.24, 2.45) is 0 Å². The minimum absolute atomic E-state index is 0.676. The number of oxazole rings is 1. The number of aromatic nitrogens is 14. The van der Waals surface area contributed by atoms with E-state index in [1.165, 1.54) is 47.0 Å². The minimum Gasteiger partial charge on any atom is -0.452 e. The van der Waals surface area contributed by atoms with Crippen LogP contribution < -0.4 is 0 Å². The van der Waals surface area contributed by atoms with Gasteiger partial charge in [-0.3, -0.25) is 15.2 Å². The Labute approximate surface area is 326 Å². The fourth-order valence-electron chi connectivity index (χ4n) is 2.47. The van der Waals surface area contributed by atoms with Crippen LogP contribution in [0.3, 0.4) is 0 Å². The molecule has 0 bridgehead atoms. The summed E-state index contributed by atoms with van der Waals surface area (Å²) in [5.41, 5.74) is 11.3. The first kappa shape index (κ1) is 46.0. The molecule has 0 fully saturated rings. The summed E-state index contributed by atoms with van der Waals surface area (Å²) in [5, 5.41) is 23.7. The average molecular weight is 795 g/mol. The fraction of sp³-hybridized carbons (Fsp3) is 0.265. The van der Waals surface area contributed by atoms with Crippen molar-refractivity contribution in [1.29, 1.82) is 0 Å². The molecule has 0 aromatic carbocycles. The van der Waals surface area contributed by atoms with Gasteiger partial charge in [0.25, 0.3) is 0 Å². The van der Waals surface area contributed by atoms with Crippen LogP contribution in [0.2, 0.25) is 0 Å². The third-order valence-corrected chi connectivity index (χ3v) is 7.05. The van der Waals surface area contributed by atoms with E-state index in [4.69, 9.17) is 0 Å². The predicted molar refractivity (Wildman–Crippen MR) is 210 cm³/mol. The van der Waals surface area contributed by atoms with Gasteiger partial charge in [-0.05, 0) is 103 Å². The molecule has 0 aliphatic carbocycles. The van der Waals surface area contributed by atoms with Gasteiger partial charge in [-0.2, -0.15) is 19.6 Å². The number of hydrogen-bond acceptors (Lipinski definition) is 17. The van der Waals surface area contributed by atoms with E-state index in [9.17, 15) is 0 Å². The Kier molecular flexibility index (Phi) is 26.1. The lowest BCUT2D eigenvalue weighted by Gasteiger charge is -1.68. The second kappa shape index (κ2) is 30.6. The van der Waals surface area contributed by atoms with Gasteiger partial charge in [-0.1, -0.05) is 10.3 Å². The van der Waals surface area contributed by atoms with E-state index in [1.54, 1.807) is 67.4 Å². The number of nitrogens with one attached hydrogen (secondary N) is 3. The summed E-state index contributed by atoms with van der Waals surface area (Å²) in [6.07, 6.45) is 18.2. The average Bonchev–Trinajstić information content (AvgIpc) is 3.98. The lowest BCUT2D eigenvalue weighted by Crippen LogP contribution is -1.66. The number of hydrogen-bond donors (Lipinski definition) is 3. The summed E-state index contributed by atoms with van der Waals surface area (Å²) >= 11 is 4.50. The maximum atomic E-state index is 4.60. The van der Waals surface area contributed by atoms with Gasteiger partial charge < -0.3 is 18.4 Å². The highest BCUT2D eigenvalue weighted by Gasteiger charge is 1.81. The molecule has 0 unspecified atom stereocenters. The van der Waals surface area contributed by atoms with E-state index < -0.39 is 0 Å². The first-order valence-corrected chi connectivity index (χ1v) is 18.4. The quantitative estimate of drug-likeness (QED) is 0.131. The first-order chi connectivity index (χ1) is 26.0. The minimum atomic E-state index is 0.676.